The van der Waals surface area contributed by atoms with Crippen molar-refractivity contribution in [3.05, 3.63) is 0 Å². The van der Waals surface area contributed by atoms with E-state index >= 15 is 0 Å². The van der Waals surface area contributed by atoms with E-state index in [-0.39, 0.29) is 18.7 Å². The third-order valence-electron chi connectivity index (χ3n) is 5.42. The van der Waals surface area contributed by atoms with Gasteiger partial charge in [-0.15, -0.1) is 0 Å². The molecule has 186 valence electrons. The number of nitrogens with one attached hydrogen (secondary N) is 1. The summed E-state index contributed by atoms with van der Waals surface area (Å²) >= 11 is 0. The Kier molecular flexibility index (Phi) is 16.8. The van der Waals surface area contributed by atoms with Crippen LogP contribution in [0.25, 0.3) is 0 Å². The van der Waals surface area contributed by atoms with Crippen LogP contribution in [0, 0.1) is 0 Å². The number of rotatable bonds is 20. The second-order valence-corrected chi connectivity index (χ2v) is 11.7. The molecule has 2 N–H and O–H groups in total. The number of unbranched alkanes of at least 4 members (excludes halogenated alkanes) is 6. The lowest BCUT2D eigenvalue weighted by Gasteiger charge is -2.29. The lowest BCUT2D eigenvalue weighted by molar-refractivity contribution is -0.870. The van der Waals surface area contributed by atoms with Crippen LogP contribution in [0.2, 0.25) is 0 Å². The summed E-state index contributed by atoms with van der Waals surface area (Å²) in [4.78, 5) is 24.5. The van der Waals surface area contributed by atoms with Crippen LogP contribution in [-0.4, -0.2) is 68.1 Å². The highest BCUT2D eigenvalue weighted by Gasteiger charge is 2.22. The van der Waals surface area contributed by atoms with E-state index in [9.17, 15) is 19.4 Å². The van der Waals surface area contributed by atoms with Gasteiger partial charge in [-0.05, 0) is 25.7 Å². The Morgan fingerprint density at radius 2 is 1.61 bits per heavy atom. The molecule has 0 heterocycles. The van der Waals surface area contributed by atoms with Crippen molar-refractivity contribution < 1.29 is 28.4 Å². The first-order valence-corrected chi connectivity index (χ1v) is 14.0. The van der Waals surface area contributed by atoms with E-state index in [1.54, 1.807) is 0 Å². The number of nitrogens with zero attached hydrogens (tertiary/aromatic N) is 1. The van der Waals surface area contributed by atoms with Gasteiger partial charge in [0.1, 0.15) is 20.7 Å². The Hall–Kier alpha value is -0.460. The van der Waals surface area contributed by atoms with E-state index in [0.717, 1.165) is 38.5 Å². The minimum Gasteiger partial charge on any atom is -0.778 e. The van der Waals surface area contributed by atoms with Crippen molar-refractivity contribution in [2.24, 2.45) is 0 Å². The highest BCUT2D eigenvalue weighted by atomic mass is 31.2. The third-order valence-corrected chi connectivity index (χ3v) is 6.86. The van der Waals surface area contributed by atoms with Crippen LogP contribution in [0.1, 0.15) is 90.9 Å². The molecular weight excluding hydrogens is 415 g/mol. The smallest absolute Gasteiger partial charge is 0.220 e. The van der Waals surface area contributed by atoms with Gasteiger partial charge in [-0.25, -0.2) is 0 Å². The Balaban J connectivity index is 4.59. The van der Waals surface area contributed by atoms with Crippen molar-refractivity contribution in [2.75, 3.05) is 40.5 Å². The number of aliphatic hydroxyl groups excluding tert-OH is 1. The molecule has 3 atom stereocenters. The molecule has 8 heteroatoms. The summed E-state index contributed by atoms with van der Waals surface area (Å²) in [5.41, 5.74) is 0. The van der Waals surface area contributed by atoms with E-state index in [0.29, 0.717) is 36.7 Å². The standard InChI is InChI=1S/C23H49N2O5P/c1-6-8-10-11-13-16-22(26)21(24-23(27)17-12-9-7-2)15-14-20-31(28,29)30-19-18-25(3,4)5/h21-22,26H,6-20H2,1-5H3,(H-,24,27,28,29)/t21-,22+/m0/s1. The molecule has 0 saturated heterocycles. The normalized spacial score (nSPS) is 16.0. The van der Waals surface area contributed by atoms with Gasteiger partial charge in [0.25, 0.3) is 0 Å². The van der Waals surface area contributed by atoms with Gasteiger partial charge in [0.2, 0.25) is 5.91 Å². The van der Waals surface area contributed by atoms with E-state index in [1.807, 2.05) is 21.1 Å². The Morgan fingerprint density at radius 1 is 1.00 bits per heavy atom. The molecule has 0 aliphatic carbocycles. The van der Waals surface area contributed by atoms with E-state index in [1.165, 1.54) is 12.8 Å². The number of amides is 1. The minimum absolute atomic E-state index is 0.0621. The van der Waals surface area contributed by atoms with Crippen molar-refractivity contribution in [3.8, 4) is 0 Å². The van der Waals surface area contributed by atoms with Crippen molar-refractivity contribution in [2.45, 2.75) is 103 Å². The molecule has 0 bridgehead atoms. The van der Waals surface area contributed by atoms with Crippen LogP contribution >= 0.6 is 7.60 Å². The maximum atomic E-state index is 12.3. The van der Waals surface area contributed by atoms with E-state index in [4.69, 9.17) is 4.52 Å². The van der Waals surface area contributed by atoms with Crippen LogP contribution < -0.4 is 10.2 Å². The van der Waals surface area contributed by atoms with Gasteiger partial charge in [0, 0.05) is 12.6 Å². The lowest BCUT2D eigenvalue weighted by Crippen LogP contribution is -2.43. The number of aliphatic hydroxyl groups is 1. The molecule has 7 nitrogen and oxygen atoms in total. The average molecular weight is 465 g/mol. The fourth-order valence-corrected chi connectivity index (χ4v) is 4.42. The van der Waals surface area contributed by atoms with Crippen LogP contribution in [0.4, 0.5) is 0 Å². The lowest BCUT2D eigenvalue weighted by atomic mass is 9.99. The quantitative estimate of drug-likeness (QED) is 0.162. The maximum Gasteiger partial charge on any atom is 0.220 e. The van der Waals surface area contributed by atoms with E-state index in [2.05, 4.69) is 19.2 Å². The van der Waals surface area contributed by atoms with Crippen LogP contribution in [0.5, 0.6) is 0 Å². The summed E-state index contributed by atoms with van der Waals surface area (Å²) in [5.74, 6) is -0.0621. The summed E-state index contributed by atoms with van der Waals surface area (Å²) < 4.78 is 18.0. The molecule has 0 fully saturated rings. The second-order valence-electron chi connectivity index (χ2n) is 9.73. The van der Waals surface area contributed by atoms with E-state index < -0.39 is 19.7 Å². The minimum atomic E-state index is -3.91. The first-order valence-electron chi connectivity index (χ1n) is 12.2. The van der Waals surface area contributed by atoms with Crippen LogP contribution in [0.15, 0.2) is 0 Å². The molecule has 0 aliphatic rings. The number of likely N-dealkylation sites (N-methyl/N-ethyl adjacent to an activating group) is 1. The number of hydrogen-bond donors (Lipinski definition) is 2. The molecule has 1 amide bonds. The van der Waals surface area contributed by atoms with Gasteiger partial charge in [0.15, 0.2) is 0 Å². The summed E-state index contributed by atoms with van der Waals surface area (Å²) in [6, 6.07) is -0.411. The van der Waals surface area contributed by atoms with Gasteiger partial charge in [-0.3, -0.25) is 4.79 Å². The molecular formula is C23H49N2O5P. The SMILES string of the molecule is CCCCCCC[C@@H](O)[C@H](CCCP(=O)([O-])OCC[N+](C)(C)C)NC(=O)CCCCC. The first kappa shape index (κ1) is 30.5. The molecule has 1 unspecified atom stereocenters. The Labute approximate surface area is 191 Å². The first-order chi connectivity index (χ1) is 14.5. The zero-order valence-corrected chi connectivity index (χ0v) is 21.6. The fourth-order valence-electron chi connectivity index (χ4n) is 3.36. The fraction of sp³-hybridized carbons (Fsp3) is 0.957. The van der Waals surface area contributed by atoms with Gasteiger partial charge >= 0.3 is 0 Å². The zero-order valence-electron chi connectivity index (χ0n) is 20.7. The zero-order chi connectivity index (χ0) is 23.8. The van der Waals surface area contributed by atoms with Gasteiger partial charge in [-0.1, -0.05) is 58.8 Å². The molecule has 0 spiro atoms. The molecule has 0 aromatic heterocycles. The molecule has 0 aromatic rings. The van der Waals surface area contributed by atoms with Gasteiger partial charge in [-0.2, -0.15) is 0 Å². The Morgan fingerprint density at radius 3 is 2.23 bits per heavy atom. The maximum absolute atomic E-state index is 12.3. The summed E-state index contributed by atoms with van der Waals surface area (Å²) in [7, 11) is 2.04. The third kappa shape index (κ3) is 18.8. The van der Waals surface area contributed by atoms with Crippen LogP contribution in [0.3, 0.4) is 0 Å². The van der Waals surface area contributed by atoms with Crippen LogP contribution in [-0.2, 0) is 13.9 Å². The summed E-state index contributed by atoms with van der Waals surface area (Å²) in [6.07, 6.45) is 9.52. The largest absolute Gasteiger partial charge is 0.778 e. The second kappa shape index (κ2) is 17.1. The molecule has 31 heavy (non-hydrogen) atoms. The molecule has 0 radical (unpaired) electrons. The van der Waals surface area contributed by atoms with Crippen molar-refractivity contribution in [1.82, 2.24) is 5.32 Å². The number of carbonyl (C=O) groups excluding carboxylic acids is 1. The van der Waals surface area contributed by atoms with Gasteiger partial charge < -0.3 is 28.9 Å². The van der Waals surface area contributed by atoms with Crippen molar-refractivity contribution in [1.29, 1.82) is 0 Å². The Bertz CT molecular complexity index is 511. The monoisotopic (exact) mass is 464 g/mol. The van der Waals surface area contributed by atoms with Crippen molar-refractivity contribution >= 4 is 13.5 Å². The van der Waals surface area contributed by atoms with Gasteiger partial charge in [0.05, 0.1) is 33.3 Å². The predicted molar refractivity (Wildman–Crippen MR) is 126 cm³/mol. The van der Waals surface area contributed by atoms with Crippen molar-refractivity contribution in [3.63, 3.8) is 0 Å². The molecule has 0 aromatic carbocycles. The molecule has 0 rings (SSSR count). The average Bonchev–Trinajstić information content (AvgIpc) is 2.65. The highest BCUT2D eigenvalue weighted by Crippen LogP contribution is 2.38. The summed E-state index contributed by atoms with van der Waals surface area (Å²) in [6.45, 7) is 5.04. The molecule has 0 aliphatic heterocycles. The molecule has 0 saturated carbocycles. The highest BCUT2D eigenvalue weighted by molar-refractivity contribution is 7.51. The number of hydrogen-bond acceptors (Lipinski definition) is 5. The number of carbonyl (C=O) groups is 1. The topological polar surface area (TPSA) is 98.7 Å². The number of quaternary nitrogens is 1. The predicted octanol–water partition coefficient (Wildman–Crippen LogP) is 3.83. The summed E-state index contributed by atoms with van der Waals surface area (Å²) in [5, 5.41) is 13.6.